The number of benzene rings is 2. The van der Waals surface area contributed by atoms with Gasteiger partial charge in [-0.05, 0) is 40.6 Å². The molecule has 174 valence electrons. The first-order valence-corrected chi connectivity index (χ1v) is 11.9. The summed E-state index contributed by atoms with van der Waals surface area (Å²) in [6, 6.07) is 16.6. The average molecular weight is 455 g/mol. The largest absolute Gasteiger partial charge is 0.369 e. The Balaban J connectivity index is 1.32. The predicted octanol–water partition coefficient (Wildman–Crippen LogP) is 3.54. The van der Waals surface area contributed by atoms with E-state index in [1.54, 1.807) is 6.33 Å². The van der Waals surface area contributed by atoms with E-state index in [-0.39, 0.29) is 11.7 Å². The van der Waals surface area contributed by atoms with Crippen molar-refractivity contribution in [3.63, 3.8) is 0 Å². The number of piperazine rings is 1. The summed E-state index contributed by atoms with van der Waals surface area (Å²) in [5.74, 6) is 1.27. The van der Waals surface area contributed by atoms with Crippen LogP contribution in [0, 0.1) is 0 Å². The van der Waals surface area contributed by atoms with Gasteiger partial charge in [0.25, 0.3) is 0 Å². The van der Waals surface area contributed by atoms with E-state index in [0.29, 0.717) is 12.1 Å². The molecule has 7 nitrogen and oxygen atoms in total. The number of ketones is 1. The zero-order chi connectivity index (χ0) is 23.5. The Labute approximate surface area is 199 Å². The third-order valence-corrected chi connectivity index (χ3v) is 6.65. The number of nitrogens with one attached hydrogen (secondary N) is 1. The third kappa shape index (κ3) is 4.84. The van der Waals surface area contributed by atoms with Crippen molar-refractivity contribution in [3.05, 3.63) is 83.7 Å². The highest BCUT2D eigenvalue weighted by molar-refractivity contribution is 5.99. The molecule has 1 aliphatic rings. The van der Waals surface area contributed by atoms with Crippen molar-refractivity contribution < 1.29 is 4.79 Å². The lowest BCUT2D eigenvalue weighted by molar-refractivity contribution is 0.0988. The number of carbonyl (C=O) groups excluding carboxylic acids is 1. The van der Waals surface area contributed by atoms with Crippen LogP contribution in [0.2, 0.25) is 0 Å². The molecule has 7 heteroatoms. The van der Waals surface area contributed by atoms with Crippen LogP contribution in [-0.4, -0.2) is 51.7 Å². The van der Waals surface area contributed by atoms with Crippen molar-refractivity contribution in [1.82, 2.24) is 25.1 Å². The maximum atomic E-state index is 13.1. The van der Waals surface area contributed by atoms with Crippen molar-refractivity contribution in [2.75, 3.05) is 31.1 Å². The summed E-state index contributed by atoms with van der Waals surface area (Å²) in [6.07, 6.45) is 4.67. The molecular formula is C27H30N6O. The van der Waals surface area contributed by atoms with Gasteiger partial charge in [0.2, 0.25) is 0 Å². The highest BCUT2D eigenvalue weighted by atomic mass is 16.1. The SMILES string of the molecule is C[C@H](Cc1nncn1C)c1cccc(CC(=O)c2cc3cc(N4CCNCC4)ccc3cn2)c1. The molecule has 3 heterocycles. The topological polar surface area (TPSA) is 75.9 Å². The number of anilines is 1. The number of hydrogen-bond donors (Lipinski definition) is 1. The summed E-state index contributed by atoms with van der Waals surface area (Å²) >= 11 is 0. The van der Waals surface area contributed by atoms with Gasteiger partial charge in [-0.25, -0.2) is 0 Å². The van der Waals surface area contributed by atoms with Gasteiger partial charge in [-0.1, -0.05) is 37.3 Å². The van der Waals surface area contributed by atoms with E-state index >= 15 is 0 Å². The fourth-order valence-electron chi connectivity index (χ4n) is 4.57. The minimum absolute atomic E-state index is 0.0348. The summed E-state index contributed by atoms with van der Waals surface area (Å²) in [6.45, 7) is 6.15. The second-order valence-corrected chi connectivity index (χ2v) is 9.15. The van der Waals surface area contributed by atoms with Crippen LogP contribution < -0.4 is 10.2 Å². The van der Waals surface area contributed by atoms with E-state index in [2.05, 4.69) is 62.7 Å². The molecule has 2 aromatic heterocycles. The summed E-state index contributed by atoms with van der Waals surface area (Å²) < 4.78 is 1.95. The van der Waals surface area contributed by atoms with E-state index in [1.165, 1.54) is 11.3 Å². The van der Waals surface area contributed by atoms with Gasteiger partial charge in [0.1, 0.15) is 17.8 Å². The molecule has 0 spiro atoms. The van der Waals surface area contributed by atoms with Gasteiger partial charge in [0, 0.05) is 63.3 Å². The summed E-state index contributed by atoms with van der Waals surface area (Å²) in [5.41, 5.74) is 3.91. The van der Waals surface area contributed by atoms with Gasteiger partial charge < -0.3 is 14.8 Å². The highest BCUT2D eigenvalue weighted by Gasteiger charge is 2.15. The van der Waals surface area contributed by atoms with Crippen LogP contribution in [0.1, 0.15) is 40.3 Å². The quantitative estimate of drug-likeness (QED) is 0.431. The Morgan fingerprint density at radius 2 is 1.94 bits per heavy atom. The molecule has 4 aromatic rings. The van der Waals surface area contributed by atoms with Crippen LogP contribution in [-0.2, 0) is 19.9 Å². The molecular weight excluding hydrogens is 424 g/mol. The van der Waals surface area contributed by atoms with Crippen molar-refractivity contribution in [1.29, 1.82) is 0 Å². The fraction of sp³-hybridized carbons (Fsp3) is 0.333. The molecule has 0 amide bonds. The van der Waals surface area contributed by atoms with Crippen LogP contribution in [0.3, 0.4) is 0 Å². The van der Waals surface area contributed by atoms with Crippen molar-refractivity contribution in [3.8, 4) is 0 Å². The second kappa shape index (κ2) is 9.73. The van der Waals surface area contributed by atoms with Gasteiger partial charge in [-0.3, -0.25) is 9.78 Å². The second-order valence-electron chi connectivity index (χ2n) is 9.15. The molecule has 1 atom stereocenters. The number of carbonyl (C=O) groups is 1. The van der Waals surface area contributed by atoms with Crippen LogP contribution in [0.4, 0.5) is 5.69 Å². The molecule has 0 bridgehead atoms. The molecule has 34 heavy (non-hydrogen) atoms. The number of aryl methyl sites for hydroxylation is 1. The van der Waals surface area contributed by atoms with Gasteiger partial charge in [-0.15, -0.1) is 10.2 Å². The first kappa shape index (κ1) is 22.2. The van der Waals surface area contributed by atoms with Crippen molar-refractivity contribution in [2.45, 2.75) is 25.7 Å². The number of nitrogens with zero attached hydrogens (tertiary/aromatic N) is 5. The van der Waals surface area contributed by atoms with Gasteiger partial charge in [-0.2, -0.15) is 0 Å². The zero-order valence-electron chi connectivity index (χ0n) is 19.7. The van der Waals surface area contributed by atoms with Crippen molar-refractivity contribution >= 4 is 22.2 Å². The number of rotatable bonds is 7. The molecule has 1 saturated heterocycles. The fourth-order valence-corrected chi connectivity index (χ4v) is 4.57. The molecule has 2 aromatic carbocycles. The first-order chi connectivity index (χ1) is 16.6. The molecule has 1 N–H and O–H groups in total. The Morgan fingerprint density at radius 3 is 2.74 bits per heavy atom. The van der Waals surface area contributed by atoms with Gasteiger partial charge in [0.15, 0.2) is 5.78 Å². The third-order valence-electron chi connectivity index (χ3n) is 6.65. The highest BCUT2D eigenvalue weighted by Crippen LogP contribution is 2.24. The minimum atomic E-state index is 0.0348. The van der Waals surface area contributed by atoms with Crippen LogP contribution >= 0.6 is 0 Å². The van der Waals surface area contributed by atoms with Gasteiger partial charge >= 0.3 is 0 Å². The molecule has 1 aliphatic heterocycles. The molecule has 0 aliphatic carbocycles. The Morgan fingerprint density at radius 1 is 1.09 bits per heavy atom. The van der Waals surface area contributed by atoms with Crippen LogP contribution in [0.25, 0.3) is 10.8 Å². The molecule has 0 unspecified atom stereocenters. The molecule has 5 rings (SSSR count). The molecule has 0 saturated carbocycles. The van der Waals surface area contributed by atoms with Crippen LogP contribution in [0.5, 0.6) is 0 Å². The Hall–Kier alpha value is -3.58. The summed E-state index contributed by atoms with van der Waals surface area (Å²) in [7, 11) is 1.96. The van der Waals surface area contributed by atoms with Gasteiger partial charge in [0.05, 0.1) is 0 Å². The number of hydrogen-bond acceptors (Lipinski definition) is 6. The normalized spacial score (nSPS) is 14.9. The maximum absolute atomic E-state index is 13.1. The van der Waals surface area contributed by atoms with E-state index in [4.69, 9.17) is 0 Å². The lowest BCUT2D eigenvalue weighted by Gasteiger charge is -2.29. The predicted molar refractivity (Wildman–Crippen MR) is 134 cm³/mol. The number of aromatic nitrogens is 4. The minimum Gasteiger partial charge on any atom is -0.369 e. The average Bonchev–Trinajstić information content (AvgIpc) is 3.28. The first-order valence-electron chi connectivity index (χ1n) is 11.9. The zero-order valence-corrected chi connectivity index (χ0v) is 19.7. The van der Waals surface area contributed by atoms with Crippen LogP contribution in [0.15, 0.2) is 61.1 Å². The lowest BCUT2D eigenvalue weighted by Crippen LogP contribution is -2.43. The standard InChI is InChI=1S/C27H30N6O/c1-19(12-27-31-30-18-32(27)2)21-5-3-4-20(13-21)14-26(34)25-16-23-15-24(7-6-22(23)17-29-25)33-10-8-28-9-11-33/h3-7,13,15-19,28H,8-12,14H2,1-2H3/t19-/m1/s1. The molecule has 1 fully saturated rings. The number of fused-ring (bicyclic) bond motifs is 1. The summed E-state index contributed by atoms with van der Waals surface area (Å²) in [4.78, 5) is 20.0. The van der Waals surface area contributed by atoms with Crippen molar-refractivity contribution in [2.24, 2.45) is 7.05 Å². The smallest absolute Gasteiger partial charge is 0.185 e. The maximum Gasteiger partial charge on any atom is 0.185 e. The Kier molecular flexibility index (Phi) is 6.36. The lowest BCUT2D eigenvalue weighted by atomic mass is 9.94. The van der Waals surface area contributed by atoms with E-state index in [9.17, 15) is 4.79 Å². The van der Waals surface area contributed by atoms with E-state index < -0.39 is 0 Å². The number of Topliss-reactive ketones (excluding diaryl/α,β-unsaturated/α-hetero) is 1. The Bertz CT molecular complexity index is 1310. The monoisotopic (exact) mass is 454 g/mol. The van der Waals surface area contributed by atoms with E-state index in [0.717, 1.165) is 54.8 Å². The molecule has 0 radical (unpaired) electrons. The van der Waals surface area contributed by atoms with E-state index in [1.807, 2.05) is 36.0 Å². The summed E-state index contributed by atoms with van der Waals surface area (Å²) in [5, 5.41) is 13.7. The number of pyridine rings is 1.